The van der Waals surface area contributed by atoms with E-state index in [9.17, 15) is 9.90 Å². The monoisotopic (exact) mass is 557 g/mol. The average molecular weight is 559 g/mol. The summed E-state index contributed by atoms with van der Waals surface area (Å²) in [5.41, 5.74) is 2.35. The molecule has 194 valence electrons. The van der Waals surface area contributed by atoms with Gasteiger partial charge in [-0.05, 0) is 68.1 Å². The number of nitrogens with one attached hydrogen (secondary N) is 1. The number of fused-ring (bicyclic) bond motifs is 1. The molecular weight excluding hydrogens is 529 g/mol. The van der Waals surface area contributed by atoms with E-state index >= 15 is 0 Å². The van der Waals surface area contributed by atoms with Crippen LogP contribution in [0.4, 0.5) is 10.6 Å². The molecule has 0 radical (unpaired) electrons. The highest BCUT2D eigenvalue weighted by Crippen LogP contribution is 2.56. The molecule has 1 saturated heterocycles. The van der Waals surface area contributed by atoms with Gasteiger partial charge in [-0.1, -0.05) is 59.2 Å². The van der Waals surface area contributed by atoms with Crippen molar-refractivity contribution in [3.63, 3.8) is 0 Å². The molecule has 7 nitrogen and oxygen atoms in total. The zero-order valence-electron chi connectivity index (χ0n) is 20.7. The molecule has 2 N–H and O–H groups in total. The smallest absolute Gasteiger partial charge is 0.405 e. The van der Waals surface area contributed by atoms with Gasteiger partial charge in [0.05, 0.1) is 17.4 Å². The Morgan fingerprint density at radius 1 is 1.16 bits per heavy atom. The van der Waals surface area contributed by atoms with Crippen LogP contribution < -0.4 is 10.2 Å². The van der Waals surface area contributed by atoms with Gasteiger partial charge < -0.3 is 15.3 Å². The van der Waals surface area contributed by atoms with Gasteiger partial charge in [-0.25, -0.2) is 19.7 Å². The molecule has 2 aliphatic rings. The van der Waals surface area contributed by atoms with Gasteiger partial charge in [0, 0.05) is 29.7 Å². The maximum atomic E-state index is 11.4. The van der Waals surface area contributed by atoms with Crippen molar-refractivity contribution in [1.82, 2.24) is 20.3 Å². The summed E-state index contributed by atoms with van der Waals surface area (Å²) in [6, 6.07) is 10.5. The van der Waals surface area contributed by atoms with Crippen LogP contribution in [0.3, 0.4) is 0 Å². The number of amides is 1. The van der Waals surface area contributed by atoms with Gasteiger partial charge in [-0.2, -0.15) is 0 Å². The summed E-state index contributed by atoms with van der Waals surface area (Å²) in [6.07, 6.45) is 8.05. The van der Waals surface area contributed by atoms with Crippen molar-refractivity contribution in [3.05, 3.63) is 70.2 Å². The highest BCUT2D eigenvalue weighted by Gasteiger charge is 2.49. The average Bonchev–Trinajstić information content (AvgIpc) is 3.14. The lowest BCUT2D eigenvalue weighted by atomic mass is 9.66. The van der Waals surface area contributed by atoms with Crippen LogP contribution in [0.15, 0.2) is 58.8 Å². The fourth-order valence-corrected chi connectivity index (χ4v) is 7.06. The van der Waals surface area contributed by atoms with Crippen molar-refractivity contribution in [2.24, 2.45) is 5.41 Å². The lowest BCUT2D eigenvalue weighted by Gasteiger charge is -2.45. The predicted molar refractivity (Wildman–Crippen MR) is 147 cm³/mol. The first-order chi connectivity index (χ1) is 17.7. The minimum Gasteiger partial charge on any atom is -0.465 e. The largest absolute Gasteiger partial charge is 0.465 e. The summed E-state index contributed by atoms with van der Waals surface area (Å²) in [7, 11) is 0. The minimum absolute atomic E-state index is 0.109. The number of rotatable bonds is 6. The van der Waals surface area contributed by atoms with E-state index in [1.54, 1.807) is 12.4 Å². The summed E-state index contributed by atoms with van der Waals surface area (Å²) in [5.74, 6) is 1.16. The predicted octanol–water partition coefficient (Wildman–Crippen LogP) is 6.69. The number of anilines is 1. The Hall–Kier alpha value is -2.55. The van der Waals surface area contributed by atoms with Crippen molar-refractivity contribution in [2.45, 2.75) is 60.9 Å². The van der Waals surface area contributed by atoms with E-state index < -0.39 is 11.6 Å². The van der Waals surface area contributed by atoms with Crippen molar-refractivity contribution in [2.75, 3.05) is 18.0 Å². The number of carbonyl (C=O) groups is 1. The third kappa shape index (κ3) is 5.52. The molecule has 1 amide bonds. The first-order valence-electron chi connectivity index (χ1n) is 12.3. The number of piperidine rings is 1. The third-order valence-electron chi connectivity index (χ3n) is 7.60. The fourth-order valence-electron chi connectivity index (χ4n) is 5.87. The maximum absolute atomic E-state index is 11.4. The van der Waals surface area contributed by atoms with Gasteiger partial charge >= 0.3 is 6.09 Å². The van der Waals surface area contributed by atoms with Crippen molar-refractivity contribution in [1.29, 1.82) is 0 Å². The Labute approximate surface area is 231 Å². The Morgan fingerprint density at radius 3 is 2.62 bits per heavy atom. The number of hydrogen-bond donors (Lipinski definition) is 2. The number of aromatic nitrogens is 3. The van der Waals surface area contributed by atoms with Crippen LogP contribution in [0, 0.1) is 5.41 Å². The molecule has 37 heavy (non-hydrogen) atoms. The number of hydrogen-bond acceptors (Lipinski definition) is 6. The number of pyridine rings is 1. The second-order valence-corrected chi connectivity index (χ2v) is 12.3. The van der Waals surface area contributed by atoms with Crippen LogP contribution in [0.5, 0.6) is 0 Å². The molecule has 1 aliphatic carbocycles. The second kappa shape index (κ2) is 10.3. The van der Waals surface area contributed by atoms with Crippen LogP contribution >= 0.6 is 35.0 Å². The number of carboxylic acid groups (broad SMARTS) is 1. The summed E-state index contributed by atoms with van der Waals surface area (Å²) in [6.45, 7) is 5.72. The number of nitrogens with zero attached hydrogens (tertiary/aromatic N) is 4. The zero-order valence-corrected chi connectivity index (χ0v) is 23.1. The number of benzene rings is 1. The van der Waals surface area contributed by atoms with E-state index in [0.29, 0.717) is 10.9 Å². The first-order valence-corrected chi connectivity index (χ1v) is 13.9. The molecule has 1 spiro atoms. The molecule has 3 heterocycles. The molecule has 0 bridgehead atoms. The van der Waals surface area contributed by atoms with E-state index in [-0.39, 0.29) is 10.6 Å². The van der Waals surface area contributed by atoms with E-state index in [4.69, 9.17) is 28.2 Å². The first kappa shape index (κ1) is 26.1. The SMILES string of the molecule is CC(C)(C[C@@H]1c2ccccc2CC12CCN(c1cnc(Sc3ccnc(Cl)c3Cl)cn1)CC2)NC(=O)O. The lowest BCUT2D eigenvalue weighted by molar-refractivity contribution is 0.143. The van der Waals surface area contributed by atoms with Crippen molar-refractivity contribution < 1.29 is 9.90 Å². The molecule has 1 fully saturated rings. The van der Waals surface area contributed by atoms with Gasteiger partial charge in [0.25, 0.3) is 0 Å². The minimum atomic E-state index is -0.977. The lowest BCUT2D eigenvalue weighted by Crippen LogP contribution is -2.48. The van der Waals surface area contributed by atoms with Crippen LogP contribution in [-0.4, -0.2) is 44.8 Å². The van der Waals surface area contributed by atoms with Crippen LogP contribution in [-0.2, 0) is 6.42 Å². The molecule has 0 saturated carbocycles. The summed E-state index contributed by atoms with van der Waals surface area (Å²) in [5, 5.41) is 13.5. The highest BCUT2D eigenvalue weighted by atomic mass is 35.5. The van der Waals surface area contributed by atoms with E-state index in [0.717, 1.165) is 54.5 Å². The molecule has 1 aliphatic heterocycles. The maximum Gasteiger partial charge on any atom is 0.405 e. The molecule has 5 rings (SSSR count). The van der Waals surface area contributed by atoms with Gasteiger partial charge in [0.2, 0.25) is 0 Å². The highest BCUT2D eigenvalue weighted by molar-refractivity contribution is 7.99. The van der Waals surface area contributed by atoms with Crippen molar-refractivity contribution >= 4 is 46.9 Å². The van der Waals surface area contributed by atoms with Gasteiger partial charge in [-0.3, -0.25) is 0 Å². The number of halogens is 2. The quantitative estimate of drug-likeness (QED) is 0.326. The molecule has 10 heteroatoms. The molecular formula is C27H29Cl2N5O2S. The van der Waals surface area contributed by atoms with Crippen LogP contribution in [0.25, 0.3) is 0 Å². The van der Waals surface area contributed by atoms with Gasteiger partial charge in [-0.15, -0.1) is 0 Å². The molecule has 0 unspecified atom stereocenters. The fraction of sp³-hybridized carbons (Fsp3) is 0.407. The molecule has 1 atom stereocenters. The Morgan fingerprint density at radius 2 is 1.92 bits per heavy atom. The molecule has 2 aromatic heterocycles. The van der Waals surface area contributed by atoms with E-state index in [1.165, 1.54) is 22.9 Å². The Bertz CT molecular complexity index is 1300. The van der Waals surface area contributed by atoms with Crippen molar-refractivity contribution in [3.8, 4) is 0 Å². The summed E-state index contributed by atoms with van der Waals surface area (Å²) < 4.78 is 0. The van der Waals surface area contributed by atoms with Gasteiger partial charge in [0.15, 0.2) is 0 Å². The standard InChI is InChI=1S/C27H29Cl2N5O2S/c1-26(2,33-25(35)36)14-19-18-6-4-3-5-17(18)13-27(19)8-11-34(12-9-27)21-15-32-22(16-31-21)37-20-7-10-30-24(29)23(20)28/h3-7,10,15-16,19,33H,8-9,11-14H2,1-2H3,(H,35,36)/t19-/m1/s1. The Kier molecular flexibility index (Phi) is 7.27. The van der Waals surface area contributed by atoms with Crippen LogP contribution in [0.1, 0.15) is 50.2 Å². The van der Waals surface area contributed by atoms with E-state index in [1.807, 2.05) is 26.1 Å². The Balaban J connectivity index is 1.29. The normalized spacial score (nSPS) is 18.6. The summed E-state index contributed by atoms with van der Waals surface area (Å²) >= 11 is 13.7. The zero-order chi connectivity index (χ0) is 26.2. The van der Waals surface area contributed by atoms with Gasteiger partial charge in [0.1, 0.15) is 16.0 Å². The summed E-state index contributed by atoms with van der Waals surface area (Å²) in [4.78, 5) is 27.8. The molecule has 3 aromatic rings. The second-order valence-electron chi connectivity index (χ2n) is 10.5. The van der Waals surface area contributed by atoms with Crippen LogP contribution in [0.2, 0.25) is 10.2 Å². The van der Waals surface area contributed by atoms with E-state index in [2.05, 4.69) is 44.5 Å². The third-order valence-corrected chi connectivity index (χ3v) is 9.45. The molecule has 1 aromatic carbocycles. The topological polar surface area (TPSA) is 91.2 Å².